The lowest BCUT2D eigenvalue weighted by molar-refractivity contribution is -0.539. The number of halogens is 1. The quantitative estimate of drug-likeness (QED) is 0.350. The Balaban J connectivity index is 2.37. The van der Waals surface area contributed by atoms with Gasteiger partial charge in [-0.25, -0.2) is 0 Å². The lowest BCUT2D eigenvalue weighted by atomic mass is 10.2. The second-order valence-electron chi connectivity index (χ2n) is 1.65. The second-order valence-corrected chi connectivity index (χ2v) is 2.83. The van der Waals surface area contributed by atoms with E-state index in [-0.39, 0.29) is 9.75 Å². The molecule has 8 heavy (non-hydrogen) atoms. The van der Waals surface area contributed by atoms with Crippen LogP contribution in [0, 0.1) is 10.1 Å². The number of nitrogens with one attached hydrogen (secondary N) is 1. The maximum absolute atomic E-state index is 9.91. The predicted molar refractivity (Wildman–Crippen MR) is 31.5 cm³/mol. The Morgan fingerprint density at radius 3 is 2.50 bits per heavy atom. The van der Waals surface area contributed by atoms with E-state index in [0.717, 1.165) is 0 Å². The molecule has 0 aromatic heterocycles. The highest BCUT2D eigenvalue weighted by atomic mass is 79.9. The molecule has 1 saturated heterocycles. The average Bonchev–Trinajstić information content (AvgIpc) is 1.61. The summed E-state index contributed by atoms with van der Waals surface area (Å²) in [7, 11) is 0. The molecule has 1 unspecified atom stereocenters. The van der Waals surface area contributed by atoms with Gasteiger partial charge >= 0.3 is 0 Å². The fraction of sp³-hybridized carbons (Fsp3) is 1.00. The van der Waals surface area contributed by atoms with Gasteiger partial charge in [0.15, 0.2) is 0 Å². The van der Waals surface area contributed by atoms with Crippen molar-refractivity contribution < 1.29 is 4.92 Å². The fourth-order valence-corrected chi connectivity index (χ4v) is 1.09. The Morgan fingerprint density at radius 1 is 1.88 bits per heavy atom. The Labute approximate surface area is 54.5 Å². The highest BCUT2D eigenvalue weighted by Gasteiger charge is 2.37. The van der Waals surface area contributed by atoms with E-state index >= 15 is 0 Å². The van der Waals surface area contributed by atoms with Crippen LogP contribution in [0.5, 0.6) is 0 Å². The van der Waals surface area contributed by atoms with Crippen molar-refractivity contribution in [1.82, 2.24) is 5.32 Å². The molecule has 1 heterocycles. The molecule has 0 spiro atoms. The zero-order valence-electron chi connectivity index (χ0n) is 4.00. The van der Waals surface area contributed by atoms with E-state index in [0.29, 0.717) is 6.54 Å². The van der Waals surface area contributed by atoms with Crippen LogP contribution in [-0.4, -0.2) is 22.5 Å². The van der Waals surface area contributed by atoms with Gasteiger partial charge in [-0.2, -0.15) is 0 Å². The summed E-state index contributed by atoms with van der Waals surface area (Å²) < 4.78 is 0. The summed E-state index contributed by atoms with van der Waals surface area (Å²) in [5.74, 6) is 0. The Hall–Kier alpha value is -0.160. The van der Waals surface area contributed by atoms with Crippen LogP contribution in [0.3, 0.4) is 0 Å². The summed E-state index contributed by atoms with van der Waals surface area (Å²) in [5.41, 5.74) is 0. The molecule has 0 aromatic carbocycles. The van der Waals surface area contributed by atoms with Gasteiger partial charge in [-0.3, -0.25) is 15.4 Å². The number of nitro groups is 1. The fourth-order valence-electron chi connectivity index (χ4n) is 0.519. The van der Waals surface area contributed by atoms with Crippen molar-refractivity contribution in [1.29, 1.82) is 0 Å². The SMILES string of the molecule is O=[N+]([O-])[C@@H]1NCC1Br. The maximum Gasteiger partial charge on any atom is 0.279 e. The summed E-state index contributed by atoms with van der Waals surface area (Å²) in [4.78, 5) is 9.60. The van der Waals surface area contributed by atoms with Crippen molar-refractivity contribution >= 4 is 15.9 Å². The van der Waals surface area contributed by atoms with Crippen LogP contribution in [0.25, 0.3) is 0 Å². The van der Waals surface area contributed by atoms with Gasteiger partial charge in [-0.1, -0.05) is 15.9 Å². The molecule has 5 heteroatoms. The molecule has 0 saturated carbocycles. The third kappa shape index (κ3) is 0.830. The third-order valence-corrected chi connectivity index (χ3v) is 1.92. The molecule has 1 aliphatic heterocycles. The van der Waals surface area contributed by atoms with Crippen LogP contribution in [0.1, 0.15) is 0 Å². The van der Waals surface area contributed by atoms with Crippen molar-refractivity contribution in [3.05, 3.63) is 10.1 Å². The van der Waals surface area contributed by atoms with Crippen LogP contribution in [0.4, 0.5) is 0 Å². The van der Waals surface area contributed by atoms with Gasteiger partial charge in [0.05, 0.1) is 0 Å². The van der Waals surface area contributed by atoms with E-state index in [9.17, 15) is 10.1 Å². The summed E-state index contributed by atoms with van der Waals surface area (Å²) in [5, 5.41) is 12.6. The van der Waals surface area contributed by atoms with Gasteiger partial charge in [0, 0.05) is 11.5 Å². The zero-order valence-corrected chi connectivity index (χ0v) is 5.59. The molecule has 0 radical (unpaired) electrons. The van der Waals surface area contributed by atoms with Gasteiger partial charge in [0.25, 0.3) is 6.17 Å². The Bertz CT molecular complexity index is 118. The lowest BCUT2D eigenvalue weighted by Gasteiger charge is -2.25. The molecule has 46 valence electrons. The first-order valence-corrected chi connectivity index (χ1v) is 3.14. The van der Waals surface area contributed by atoms with E-state index in [1.807, 2.05) is 0 Å². The Morgan fingerprint density at radius 2 is 2.50 bits per heavy atom. The zero-order chi connectivity index (χ0) is 6.15. The molecule has 1 fully saturated rings. The first-order chi connectivity index (χ1) is 3.72. The summed E-state index contributed by atoms with van der Waals surface area (Å²) in [6, 6.07) is 0. The summed E-state index contributed by atoms with van der Waals surface area (Å²) in [6.07, 6.45) is -0.560. The molecule has 0 aromatic rings. The molecule has 1 rings (SSSR count). The van der Waals surface area contributed by atoms with Crippen molar-refractivity contribution in [2.45, 2.75) is 11.0 Å². The second kappa shape index (κ2) is 1.99. The summed E-state index contributed by atoms with van der Waals surface area (Å²) in [6.45, 7) is 0.700. The van der Waals surface area contributed by atoms with Crippen molar-refractivity contribution in [3.63, 3.8) is 0 Å². The Kier molecular flexibility index (Phi) is 1.48. The van der Waals surface area contributed by atoms with Crippen LogP contribution < -0.4 is 5.32 Å². The van der Waals surface area contributed by atoms with Crippen molar-refractivity contribution in [2.24, 2.45) is 0 Å². The topological polar surface area (TPSA) is 55.2 Å². The molecule has 4 nitrogen and oxygen atoms in total. The minimum absolute atomic E-state index is 0.0255. The molecule has 1 N–H and O–H groups in total. The first-order valence-electron chi connectivity index (χ1n) is 2.23. The first kappa shape index (κ1) is 5.97. The largest absolute Gasteiger partial charge is 0.279 e. The van der Waals surface area contributed by atoms with Gasteiger partial charge in [0.1, 0.15) is 4.83 Å². The number of hydrogen-bond acceptors (Lipinski definition) is 3. The van der Waals surface area contributed by atoms with E-state index in [1.165, 1.54) is 0 Å². The van der Waals surface area contributed by atoms with Gasteiger partial charge in [-0.15, -0.1) is 0 Å². The van der Waals surface area contributed by atoms with Crippen molar-refractivity contribution in [3.8, 4) is 0 Å². The van der Waals surface area contributed by atoms with E-state index in [2.05, 4.69) is 21.2 Å². The number of rotatable bonds is 1. The monoisotopic (exact) mass is 180 g/mol. The number of alkyl halides is 1. The molecular weight excluding hydrogens is 176 g/mol. The number of hydrogen-bond donors (Lipinski definition) is 1. The smallest absolute Gasteiger partial charge is 0.263 e. The van der Waals surface area contributed by atoms with E-state index < -0.39 is 6.17 Å². The average molecular weight is 181 g/mol. The van der Waals surface area contributed by atoms with Gasteiger partial charge in [0.2, 0.25) is 0 Å². The summed E-state index contributed by atoms with van der Waals surface area (Å²) >= 11 is 3.12. The molecule has 0 aliphatic carbocycles. The third-order valence-electron chi connectivity index (χ3n) is 1.09. The van der Waals surface area contributed by atoms with Crippen molar-refractivity contribution in [2.75, 3.05) is 6.54 Å². The van der Waals surface area contributed by atoms with Crippen LogP contribution in [0.15, 0.2) is 0 Å². The number of nitrogens with zero attached hydrogens (tertiary/aromatic N) is 1. The van der Waals surface area contributed by atoms with E-state index in [4.69, 9.17) is 0 Å². The van der Waals surface area contributed by atoms with Crippen LogP contribution >= 0.6 is 15.9 Å². The van der Waals surface area contributed by atoms with Gasteiger partial charge < -0.3 is 0 Å². The molecule has 0 amide bonds. The normalized spacial score (nSPS) is 36.1. The molecular formula is C3H5BrN2O2. The van der Waals surface area contributed by atoms with Crippen LogP contribution in [0.2, 0.25) is 0 Å². The highest BCUT2D eigenvalue weighted by molar-refractivity contribution is 9.09. The predicted octanol–water partition coefficient (Wildman–Crippen LogP) is -0.0441. The highest BCUT2D eigenvalue weighted by Crippen LogP contribution is 2.13. The molecule has 1 aliphatic rings. The minimum atomic E-state index is -0.560. The lowest BCUT2D eigenvalue weighted by Crippen LogP contribution is -2.58. The van der Waals surface area contributed by atoms with Crippen LogP contribution in [-0.2, 0) is 0 Å². The standard InChI is InChI=1S/C3H5BrN2O2/c4-2-1-5-3(2)6(7)8/h2-3,5H,1H2/t2?,3-/m0/s1. The van der Waals surface area contributed by atoms with E-state index in [1.54, 1.807) is 0 Å². The molecule has 0 bridgehead atoms. The minimum Gasteiger partial charge on any atom is -0.263 e. The molecule has 2 atom stereocenters. The van der Waals surface area contributed by atoms with Gasteiger partial charge in [-0.05, 0) is 0 Å². The maximum atomic E-state index is 9.91.